The molecule has 0 amide bonds. The predicted molar refractivity (Wildman–Crippen MR) is 65.2 cm³/mol. The molecule has 1 saturated heterocycles. The molecule has 2 rings (SSSR count). The Labute approximate surface area is 101 Å². The number of hydrogen-bond acceptors (Lipinski definition) is 2. The van der Waals surface area contributed by atoms with Gasteiger partial charge in [0, 0.05) is 6.08 Å². The number of aliphatic carboxylic acids is 1. The van der Waals surface area contributed by atoms with Gasteiger partial charge < -0.3 is 9.84 Å². The van der Waals surface area contributed by atoms with Crippen molar-refractivity contribution < 1.29 is 14.6 Å². The van der Waals surface area contributed by atoms with Gasteiger partial charge in [-0.1, -0.05) is 24.3 Å². The third-order valence-electron chi connectivity index (χ3n) is 3.35. The van der Waals surface area contributed by atoms with Gasteiger partial charge in [0.2, 0.25) is 0 Å². The molecule has 0 spiro atoms. The lowest BCUT2D eigenvalue weighted by molar-refractivity contribution is -0.131. The minimum atomic E-state index is -0.917. The molecule has 17 heavy (non-hydrogen) atoms. The number of aryl methyl sites for hydroxylation is 2. The van der Waals surface area contributed by atoms with Gasteiger partial charge in [-0.25, -0.2) is 4.79 Å². The van der Waals surface area contributed by atoms with Crippen molar-refractivity contribution in [3.8, 4) is 0 Å². The molecule has 0 saturated carbocycles. The van der Waals surface area contributed by atoms with Gasteiger partial charge in [0.15, 0.2) is 0 Å². The van der Waals surface area contributed by atoms with Crippen molar-refractivity contribution in [3.05, 3.63) is 47.0 Å². The average Bonchev–Trinajstić information content (AvgIpc) is 2.21. The van der Waals surface area contributed by atoms with Crippen LogP contribution in [0.15, 0.2) is 30.4 Å². The molecule has 1 aromatic rings. The zero-order valence-electron chi connectivity index (χ0n) is 10.1. The molecule has 0 atom stereocenters. The number of carboxylic acid groups (broad SMARTS) is 1. The fourth-order valence-electron chi connectivity index (χ4n) is 1.96. The number of rotatable bonds is 3. The standard InChI is InChI=1S/C14H16O3/c1-10-3-4-12(7-11(10)2)14(8-17-9-14)6-5-13(15)16/h3-7H,8-9H2,1-2H3,(H,15,16)/b6-5+. The zero-order valence-corrected chi connectivity index (χ0v) is 10.1. The smallest absolute Gasteiger partial charge is 0.328 e. The Balaban J connectivity index is 2.34. The molecule has 90 valence electrons. The Hall–Kier alpha value is -1.61. The fourth-order valence-corrected chi connectivity index (χ4v) is 1.96. The summed E-state index contributed by atoms with van der Waals surface area (Å²) in [6.07, 6.45) is 2.95. The van der Waals surface area contributed by atoms with Crippen LogP contribution < -0.4 is 0 Å². The highest BCUT2D eigenvalue weighted by Crippen LogP contribution is 2.34. The molecule has 0 aliphatic carbocycles. The zero-order chi connectivity index (χ0) is 12.5. The minimum Gasteiger partial charge on any atom is -0.478 e. The lowest BCUT2D eigenvalue weighted by Crippen LogP contribution is -2.45. The van der Waals surface area contributed by atoms with Crippen LogP contribution in [-0.4, -0.2) is 24.3 Å². The van der Waals surface area contributed by atoms with Crippen molar-refractivity contribution in [2.45, 2.75) is 19.3 Å². The lowest BCUT2D eigenvalue weighted by atomic mass is 9.77. The molecule has 1 aliphatic heterocycles. The van der Waals surface area contributed by atoms with E-state index < -0.39 is 5.97 Å². The van der Waals surface area contributed by atoms with Crippen molar-refractivity contribution in [2.24, 2.45) is 0 Å². The summed E-state index contributed by atoms with van der Waals surface area (Å²) in [5.74, 6) is -0.917. The first-order valence-electron chi connectivity index (χ1n) is 5.61. The van der Waals surface area contributed by atoms with Crippen LogP contribution in [0.1, 0.15) is 16.7 Å². The number of benzene rings is 1. The van der Waals surface area contributed by atoms with E-state index >= 15 is 0 Å². The first kappa shape index (κ1) is 11.9. The topological polar surface area (TPSA) is 46.5 Å². The predicted octanol–water partition coefficient (Wildman–Crippen LogP) is 2.21. The van der Waals surface area contributed by atoms with Crippen LogP contribution in [0.4, 0.5) is 0 Å². The first-order chi connectivity index (χ1) is 8.03. The molecule has 1 aliphatic rings. The normalized spacial score (nSPS) is 18.0. The molecule has 1 fully saturated rings. The van der Waals surface area contributed by atoms with Gasteiger partial charge >= 0.3 is 5.97 Å². The van der Waals surface area contributed by atoms with Crippen LogP contribution in [0.5, 0.6) is 0 Å². The van der Waals surface area contributed by atoms with E-state index in [1.165, 1.54) is 17.2 Å². The van der Waals surface area contributed by atoms with Gasteiger partial charge in [-0.05, 0) is 30.5 Å². The SMILES string of the molecule is Cc1ccc(C2(/C=C/C(=O)O)COC2)cc1C. The monoisotopic (exact) mass is 232 g/mol. The van der Waals surface area contributed by atoms with Crippen LogP contribution in [0.3, 0.4) is 0 Å². The van der Waals surface area contributed by atoms with Gasteiger partial charge in [0.05, 0.1) is 18.6 Å². The maximum Gasteiger partial charge on any atom is 0.328 e. The van der Waals surface area contributed by atoms with Crippen molar-refractivity contribution in [1.29, 1.82) is 0 Å². The van der Waals surface area contributed by atoms with Crippen molar-refractivity contribution in [2.75, 3.05) is 13.2 Å². The molecule has 0 aromatic heterocycles. The summed E-state index contributed by atoms with van der Waals surface area (Å²) in [5.41, 5.74) is 3.34. The molecule has 1 N–H and O–H groups in total. The van der Waals surface area contributed by atoms with E-state index in [-0.39, 0.29) is 5.41 Å². The molecule has 3 heteroatoms. The van der Waals surface area contributed by atoms with Gasteiger partial charge in [-0.3, -0.25) is 0 Å². The average molecular weight is 232 g/mol. The second-order valence-electron chi connectivity index (χ2n) is 4.62. The number of ether oxygens (including phenoxy) is 1. The van der Waals surface area contributed by atoms with Gasteiger partial charge in [0.25, 0.3) is 0 Å². The quantitative estimate of drug-likeness (QED) is 0.813. The van der Waals surface area contributed by atoms with E-state index in [0.29, 0.717) is 13.2 Å². The van der Waals surface area contributed by atoms with E-state index in [9.17, 15) is 4.79 Å². The van der Waals surface area contributed by atoms with Crippen LogP contribution in [0.2, 0.25) is 0 Å². The summed E-state index contributed by atoms with van der Waals surface area (Å²) in [6.45, 7) is 5.24. The Kier molecular flexibility index (Phi) is 3.03. The fraction of sp³-hybridized carbons (Fsp3) is 0.357. The number of hydrogen-bond donors (Lipinski definition) is 1. The number of carbonyl (C=O) groups is 1. The molecule has 1 aromatic carbocycles. The van der Waals surface area contributed by atoms with Crippen LogP contribution in [-0.2, 0) is 14.9 Å². The summed E-state index contributed by atoms with van der Waals surface area (Å²) in [7, 11) is 0. The van der Waals surface area contributed by atoms with Crippen LogP contribution >= 0.6 is 0 Å². The molecule has 1 heterocycles. The van der Waals surface area contributed by atoms with Crippen molar-refractivity contribution in [3.63, 3.8) is 0 Å². The maximum atomic E-state index is 10.6. The summed E-state index contributed by atoms with van der Waals surface area (Å²) >= 11 is 0. The van der Waals surface area contributed by atoms with Gasteiger partial charge in [-0.15, -0.1) is 0 Å². The summed E-state index contributed by atoms with van der Waals surface area (Å²) in [4.78, 5) is 10.6. The van der Waals surface area contributed by atoms with Gasteiger partial charge in [0.1, 0.15) is 0 Å². The van der Waals surface area contributed by atoms with Crippen LogP contribution in [0.25, 0.3) is 0 Å². The molecule has 0 bridgehead atoms. The minimum absolute atomic E-state index is 0.253. The highest BCUT2D eigenvalue weighted by molar-refractivity contribution is 5.80. The van der Waals surface area contributed by atoms with Crippen molar-refractivity contribution in [1.82, 2.24) is 0 Å². The molecule has 0 radical (unpaired) electrons. The Morgan fingerprint density at radius 3 is 2.53 bits per heavy atom. The van der Waals surface area contributed by atoms with E-state index in [4.69, 9.17) is 9.84 Å². The molecule has 3 nitrogen and oxygen atoms in total. The Morgan fingerprint density at radius 1 is 1.35 bits per heavy atom. The molecular weight excluding hydrogens is 216 g/mol. The van der Waals surface area contributed by atoms with E-state index in [2.05, 4.69) is 32.0 Å². The lowest BCUT2D eigenvalue weighted by Gasteiger charge is -2.39. The Bertz CT molecular complexity index is 470. The summed E-state index contributed by atoms with van der Waals surface area (Å²) in [5, 5.41) is 8.71. The maximum absolute atomic E-state index is 10.6. The van der Waals surface area contributed by atoms with Crippen LogP contribution in [0, 0.1) is 13.8 Å². The summed E-state index contributed by atoms with van der Waals surface area (Å²) < 4.78 is 5.25. The third kappa shape index (κ3) is 2.24. The second kappa shape index (κ2) is 4.34. The first-order valence-corrected chi connectivity index (χ1v) is 5.61. The highest BCUT2D eigenvalue weighted by Gasteiger charge is 2.38. The van der Waals surface area contributed by atoms with E-state index in [0.717, 1.165) is 5.56 Å². The highest BCUT2D eigenvalue weighted by atomic mass is 16.5. The molecule has 0 unspecified atom stereocenters. The van der Waals surface area contributed by atoms with Crippen molar-refractivity contribution >= 4 is 5.97 Å². The van der Waals surface area contributed by atoms with E-state index in [1.54, 1.807) is 6.08 Å². The molecular formula is C14H16O3. The third-order valence-corrected chi connectivity index (χ3v) is 3.35. The largest absolute Gasteiger partial charge is 0.478 e. The second-order valence-corrected chi connectivity index (χ2v) is 4.62. The summed E-state index contributed by atoms with van der Waals surface area (Å²) in [6, 6.07) is 6.24. The Morgan fingerprint density at radius 2 is 2.06 bits per heavy atom. The van der Waals surface area contributed by atoms with E-state index in [1.807, 2.05) is 0 Å². The number of carboxylic acids is 1. The van der Waals surface area contributed by atoms with Gasteiger partial charge in [-0.2, -0.15) is 0 Å².